The minimum absolute atomic E-state index is 0.428. The molecule has 0 aromatic heterocycles. The first-order valence-electron chi connectivity index (χ1n) is 7.16. The van der Waals surface area contributed by atoms with Crippen LogP contribution in [-0.4, -0.2) is 54.5 Å². The molecule has 0 saturated heterocycles. The molecule has 0 aliphatic rings. The van der Waals surface area contributed by atoms with Gasteiger partial charge >= 0.3 is 5.97 Å². The van der Waals surface area contributed by atoms with Crippen molar-refractivity contribution in [2.45, 2.75) is 45.1 Å². The Morgan fingerprint density at radius 1 is 1.21 bits per heavy atom. The van der Waals surface area contributed by atoms with E-state index in [0.29, 0.717) is 11.0 Å². The van der Waals surface area contributed by atoms with Gasteiger partial charge in [-0.2, -0.15) is 0 Å². The number of allylic oxidation sites excluding steroid dienone is 1. The van der Waals surface area contributed by atoms with Gasteiger partial charge < -0.3 is 14.7 Å². The second kappa shape index (κ2) is 9.10. The number of carbonyl (C=O) groups is 1. The number of hydrogen-bond acceptors (Lipinski definition) is 2. The van der Waals surface area contributed by atoms with Crippen molar-refractivity contribution in [2.24, 2.45) is 5.92 Å². The average Bonchev–Trinajstić information content (AvgIpc) is 2.24. The van der Waals surface area contributed by atoms with E-state index in [1.54, 1.807) is 6.08 Å². The molecule has 4 heteroatoms. The fourth-order valence-electron chi connectivity index (χ4n) is 1.98. The first-order valence-corrected chi connectivity index (χ1v) is 7.16. The topological polar surface area (TPSA) is 57.5 Å². The van der Waals surface area contributed by atoms with Crippen LogP contribution in [0.4, 0.5) is 0 Å². The van der Waals surface area contributed by atoms with E-state index < -0.39 is 18.0 Å². The molecule has 19 heavy (non-hydrogen) atoms. The Morgan fingerprint density at radius 3 is 2.32 bits per heavy atom. The van der Waals surface area contributed by atoms with Crippen LogP contribution in [0, 0.1) is 5.92 Å². The lowest BCUT2D eigenvalue weighted by molar-refractivity contribution is -0.873. The summed E-state index contributed by atoms with van der Waals surface area (Å²) in [5.41, 5.74) is 0. The summed E-state index contributed by atoms with van der Waals surface area (Å²) in [6.45, 7) is 2.59. The van der Waals surface area contributed by atoms with Gasteiger partial charge in [-0.05, 0) is 12.8 Å². The molecular weight excluding hydrogens is 242 g/mol. The van der Waals surface area contributed by atoms with Gasteiger partial charge in [0.05, 0.1) is 21.1 Å². The van der Waals surface area contributed by atoms with Crippen LogP contribution in [0.15, 0.2) is 12.2 Å². The van der Waals surface area contributed by atoms with Crippen LogP contribution in [0.5, 0.6) is 0 Å². The predicted molar refractivity (Wildman–Crippen MR) is 77.9 cm³/mol. The summed E-state index contributed by atoms with van der Waals surface area (Å²) in [7, 11) is 5.82. The van der Waals surface area contributed by atoms with E-state index in [2.05, 4.69) is 6.92 Å². The zero-order chi connectivity index (χ0) is 14.9. The van der Waals surface area contributed by atoms with Gasteiger partial charge in [0.2, 0.25) is 0 Å². The van der Waals surface area contributed by atoms with Crippen molar-refractivity contribution in [2.75, 3.05) is 27.7 Å². The van der Waals surface area contributed by atoms with E-state index in [-0.39, 0.29) is 0 Å². The van der Waals surface area contributed by atoms with Gasteiger partial charge in [0.25, 0.3) is 0 Å². The fourth-order valence-corrected chi connectivity index (χ4v) is 1.98. The molecule has 0 saturated carbocycles. The van der Waals surface area contributed by atoms with Crippen LogP contribution in [0.3, 0.4) is 0 Å². The van der Waals surface area contributed by atoms with E-state index in [4.69, 9.17) is 5.11 Å². The van der Waals surface area contributed by atoms with Crippen molar-refractivity contribution < 1.29 is 19.5 Å². The number of nitrogens with zero attached hydrogens (tertiary/aromatic N) is 1. The number of aliphatic carboxylic acids is 1. The lowest BCUT2D eigenvalue weighted by atomic mass is 10.00. The minimum atomic E-state index is -0.953. The molecule has 0 rings (SSSR count). The smallest absolute Gasteiger partial charge is 0.313 e. The Hall–Kier alpha value is -0.870. The van der Waals surface area contributed by atoms with Crippen LogP contribution >= 0.6 is 0 Å². The van der Waals surface area contributed by atoms with Gasteiger partial charge in [-0.1, -0.05) is 38.3 Å². The number of aliphatic hydroxyl groups excluding tert-OH is 1. The number of hydrogen-bond donors (Lipinski definition) is 2. The molecule has 112 valence electrons. The quantitative estimate of drug-likeness (QED) is 0.364. The molecule has 0 fully saturated rings. The molecule has 2 atom stereocenters. The van der Waals surface area contributed by atoms with E-state index in [1.165, 1.54) is 19.3 Å². The average molecular weight is 272 g/mol. The number of likely N-dealkylation sites (N-methyl/N-ethyl adjacent to an activating group) is 1. The highest BCUT2D eigenvalue weighted by Crippen LogP contribution is 2.11. The number of rotatable bonds is 10. The Bertz CT molecular complexity index is 282. The molecule has 0 amide bonds. The predicted octanol–water partition coefficient (Wildman–Crippen LogP) is 2.28. The maximum absolute atomic E-state index is 11.2. The van der Waals surface area contributed by atoms with Crippen LogP contribution < -0.4 is 0 Å². The Morgan fingerprint density at radius 2 is 1.84 bits per heavy atom. The molecule has 0 spiro atoms. The van der Waals surface area contributed by atoms with E-state index in [0.717, 1.165) is 12.8 Å². The monoisotopic (exact) mass is 272 g/mol. The summed E-state index contributed by atoms with van der Waals surface area (Å²) < 4.78 is 0.551. The van der Waals surface area contributed by atoms with Crippen LogP contribution in [0.25, 0.3) is 0 Å². The van der Waals surface area contributed by atoms with Crippen LogP contribution in [-0.2, 0) is 4.79 Å². The van der Waals surface area contributed by atoms with Gasteiger partial charge in [-0.3, -0.25) is 4.79 Å². The summed E-state index contributed by atoms with van der Waals surface area (Å²) in [6, 6.07) is 0. The van der Waals surface area contributed by atoms with Gasteiger partial charge in [0.15, 0.2) is 0 Å². The second-order valence-electron chi connectivity index (χ2n) is 6.18. The van der Waals surface area contributed by atoms with Gasteiger partial charge in [0.1, 0.15) is 18.6 Å². The molecule has 4 nitrogen and oxygen atoms in total. The Balaban J connectivity index is 4.25. The summed E-state index contributed by atoms with van der Waals surface area (Å²) >= 11 is 0. The summed E-state index contributed by atoms with van der Waals surface area (Å²) in [6.07, 6.45) is 8.28. The zero-order valence-electron chi connectivity index (χ0n) is 12.8. The highest BCUT2D eigenvalue weighted by atomic mass is 16.4. The molecular formula is C15H30NO3+. The van der Waals surface area contributed by atoms with E-state index in [9.17, 15) is 9.90 Å². The van der Waals surface area contributed by atoms with Crippen molar-refractivity contribution in [3.8, 4) is 0 Å². The second-order valence-corrected chi connectivity index (χ2v) is 6.18. The van der Waals surface area contributed by atoms with Gasteiger partial charge in [-0.15, -0.1) is 0 Å². The molecule has 2 unspecified atom stereocenters. The third-order valence-corrected chi connectivity index (χ3v) is 3.00. The lowest BCUT2D eigenvalue weighted by Crippen LogP contribution is -2.45. The SMILES string of the molecule is CCCCCCC=CC(C(=O)O)C(O)C[N+](C)(C)C. The summed E-state index contributed by atoms with van der Waals surface area (Å²) in [5, 5.41) is 19.2. The molecule has 0 radical (unpaired) electrons. The van der Waals surface area contributed by atoms with Gasteiger partial charge in [0, 0.05) is 0 Å². The van der Waals surface area contributed by atoms with Crippen molar-refractivity contribution in [3.05, 3.63) is 12.2 Å². The zero-order valence-corrected chi connectivity index (χ0v) is 12.8. The standard InChI is InChI=1S/C15H29NO3/c1-5-6-7-8-9-10-11-13(15(18)19)14(17)12-16(2,3)4/h10-11,13-14,17H,5-9,12H2,1-4H3/p+1. The van der Waals surface area contributed by atoms with Crippen LogP contribution in [0.1, 0.15) is 39.0 Å². The van der Waals surface area contributed by atoms with E-state index in [1.807, 2.05) is 27.2 Å². The Kier molecular flexibility index (Phi) is 8.68. The maximum Gasteiger partial charge on any atom is 0.313 e. The first-order chi connectivity index (χ1) is 8.78. The minimum Gasteiger partial charge on any atom is -0.481 e. The molecule has 0 bridgehead atoms. The normalized spacial score (nSPS) is 15.6. The van der Waals surface area contributed by atoms with Crippen molar-refractivity contribution in [1.29, 1.82) is 0 Å². The van der Waals surface area contributed by atoms with Gasteiger partial charge in [-0.25, -0.2) is 0 Å². The van der Waals surface area contributed by atoms with Crippen molar-refractivity contribution >= 4 is 5.97 Å². The van der Waals surface area contributed by atoms with Crippen LogP contribution in [0.2, 0.25) is 0 Å². The summed E-state index contributed by atoms with van der Waals surface area (Å²) in [4.78, 5) is 11.2. The maximum atomic E-state index is 11.2. The molecule has 0 heterocycles. The number of carboxylic acid groups (broad SMARTS) is 1. The Labute approximate surface area is 117 Å². The van der Waals surface area contributed by atoms with Crippen molar-refractivity contribution in [1.82, 2.24) is 0 Å². The molecule has 2 N–H and O–H groups in total. The number of aliphatic hydroxyl groups is 1. The third-order valence-electron chi connectivity index (χ3n) is 3.00. The third kappa shape index (κ3) is 9.68. The largest absolute Gasteiger partial charge is 0.481 e. The summed E-state index contributed by atoms with van der Waals surface area (Å²) in [5.74, 6) is -1.76. The molecule has 0 aromatic rings. The number of unbranched alkanes of at least 4 members (excludes halogenated alkanes) is 4. The first kappa shape index (κ1) is 18.1. The highest BCUT2D eigenvalue weighted by Gasteiger charge is 2.28. The van der Waals surface area contributed by atoms with Crippen molar-refractivity contribution in [3.63, 3.8) is 0 Å². The molecule has 0 aromatic carbocycles. The van der Waals surface area contributed by atoms with E-state index >= 15 is 0 Å². The molecule has 0 aliphatic carbocycles. The lowest BCUT2D eigenvalue weighted by Gasteiger charge is -2.28. The fraction of sp³-hybridized carbons (Fsp3) is 0.800. The molecule has 0 aliphatic heterocycles. The number of carboxylic acids is 1. The highest BCUT2D eigenvalue weighted by molar-refractivity contribution is 5.72. The number of quaternary nitrogens is 1.